The number of carbonyl (C=O) groups excluding carboxylic acids is 3. The molecule has 130 valence electrons. The Labute approximate surface area is 148 Å². The number of nitrogens with zero attached hydrogens (tertiary/aromatic N) is 1. The average molecular weight is 349 g/mol. The first-order chi connectivity index (χ1) is 12.6. The molecule has 2 aromatic carbocycles. The van der Waals surface area contributed by atoms with E-state index >= 15 is 0 Å². The third-order valence-electron chi connectivity index (χ3n) is 4.15. The topological polar surface area (TPSA) is 91.5 Å². The lowest BCUT2D eigenvalue weighted by atomic mass is 10.2. The average Bonchev–Trinajstić information content (AvgIpc) is 3.09. The van der Waals surface area contributed by atoms with Gasteiger partial charge in [0.15, 0.2) is 6.61 Å². The Hall–Kier alpha value is -3.61. The van der Waals surface area contributed by atoms with Crippen LogP contribution in [0.15, 0.2) is 54.6 Å². The van der Waals surface area contributed by atoms with Crippen LogP contribution in [-0.2, 0) is 14.3 Å². The quantitative estimate of drug-likeness (QED) is 0.710. The van der Waals surface area contributed by atoms with Crippen molar-refractivity contribution in [2.75, 3.05) is 23.4 Å². The molecule has 0 fully saturated rings. The summed E-state index contributed by atoms with van der Waals surface area (Å²) < 4.78 is 5.13. The minimum absolute atomic E-state index is 0.111. The highest BCUT2D eigenvalue weighted by atomic mass is 16.5. The van der Waals surface area contributed by atoms with Crippen LogP contribution < -0.4 is 10.2 Å². The zero-order chi connectivity index (χ0) is 18.1. The predicted octanol–water partition coefficient (Wildman–Crippen LogP) is 2.31. The lowest BCUT2D eigenvalue weighted by Crippen LogP contribution is -2.44. The molecule has 1 aliphatic heterocycles. The Morgan fingerprint density at radius 2 is 1.85 bits per heavy atom. The maximum absolute atomic E-state index is 12.5. The predicted molar refractivity (Wildman–Crippen MR) is 96.0 cm³/mol. The van der Waals surface area contributed by atoms with Gasteiger partial charge in [0.2, 0.25) is 5.91 Å². The molecule has 2 amide bonds. The molecule has 0 spiro atoms. The highest BCUT2D eigenvalue weighted by molar-refractivity contribution is 6.10. The Balaban J connectivity index is 1.47. The number of esters is 1. The van der Waals surface area contributed by atoms with Gasteiger partial charge in [-0.1, -0.05) is 30.3 Å². The van der Waals surface area contributed by atoms with E-state index in [1.54, 1.807) is 30.3 Å². The monoisotopic (exact) mass is 349 g/mol. The van der Waals surface area contributed by atoms with Gasteiger partial charge in [0, 0.05) is 10.9 Å². The van der Waals surface area contributed by atoms with E-state index in [-0.39, 0.29) is 18.1 Å². The van der Waals surface area contributed by atoms with Crippen LogP contribution in [0, 0.1) is 0 Å². The second kappa shape index (κ2) is 6.36. The Kier molecular flexibility index (Phi) is 3.89. The van der Waals surface area contributed by atoms with E-state index in [9.17, 15) is 14.4 Å². The number of anilines is 2. The summed E-state index contributed by atoms with van der Waals surface area (Å²) in [5.74, 6) is -1.37. The maximum Gasteiger partial charge on any atom is 0.355 e. The number of benzene rings is 2. The number of H-pyrrole nitrogens is 1. The molecule has 7 heteroatoms. The number of rotatable bonds is 3. The van der Waals surface area contributed by atoms with E-state index < -0.39 is 18.5 Å². The molecule has 0 bridgehead atoms. The third-order valence-corrected chi connectivity index (χ3v) is 4.15. The number of hydrogen-bond acceptors (Lipinski definition) is 4. The fourth-order valence-corrected chi connectivity index (χ4v) is 2.92. The molecule has 0 saturated heterocycles. The number of carbonyl (C=O) groups is 3. The van der Waals surface area contributed by atoms with Gasteiger partial charge in [-0.2, -0.15) is 0 Å². The smallest absolute Gasteiger partial charge is 0.355 e. The minimum Gasteiger partial charge on any atom is -0.451 e. The van der Waals surface area contributed by atoms with Crippen molar-refractivity contribution in [2.24, 2.45) is 0 Å². The van der Waals surface area contributed by atoms with E-state index in [0.29, 0.717) is 11.4 Å². The fraction of sp³-hybridized carbons (Fsp3) is 0.105. The molecule has 1 aliphatic rings. The lowest BCUT2D eigenvalue weighted by Gasteiger charge is -2.28. The van der Waals surface area contributed by atoms with Crippen LogP contribution in [0.2, 0.25) is 0 Å². The Morgan fingerprint density at radius 1 is 1.08 bits per heavy atom. The summed E-state index contributed by atoms with van der Waals surface area (Å²) in [6.45, 7) is -0.560. The van der Waals surface area contributed by atoms with Crippen molar-refractivity contribution in [3.05, 3.63) is 60.3 Å². The second-order valence-corrected chi connectivity index (χ2v) is 5.89. The summed E-state index contributed by atoms with van der Waals surface area (Å²) in [4.78, 5) is 40.7. The number of aromatic nitrogens is 1. The molecule has 1 aromatic heterocycles. The van der Waals surface area contributed by atoms with E-state index in [2.05, 4.69) is 10.3 Å². The van der Waals surface area contributed by atoms with Crippen LogP contribution in [-0.4, -0.2) is 35.9 Å². The maximum atomic E-state index is 12.5. The van der Waals surface area contributed by atoms with E-state index in [4.69, 9.17) is 4.74 Å². The number of nitrogens with one attached hydrogen (secondary N) is 2. The van der Waals surface area contributed by atoms with Gasteiger partial charge < -0.3 is 15.0 Å². The fourth-order valence-electron chi connectivity index (χ4n) is 2.92. The van der Waals surface area contributed by atoms with Gasteiger partial charge in [-0.15, -0.1) is 0 Å². The Morgan fingerprint density at radius 3 is 2.69 bits per heavy atom. The number of hydrogen-bond donors (Lipinski definition) is 2. The molecule has 2 N–H and O–H groups in total. The van der Waals surface area contributed by atoms with Crippen molar-refractivity contribution < 1.29 is 19.1 Å². The molecule has 0 radical (unpaired) electrons. The molecule has 0 atom stereocenters. The number of fused-ring (bicyclic) bond motifs is 2. The summed E-state index contributed by atoms with van der Waals surface area (Å²) in [5.41, 5.74) is 2.22. The van der Waals surface area contributed by atoms with E-state index in [1.165, 1.54) is 4.90 Å². The number of ether oxygens (including phenoxy) is 1. The second-order valence-electron chi connectivity index (χ2n) is 5.89. The molecule has 26 heavy (non-hydrogen) atoms. The SMILES string of the molecule is O=C1CN(C(=O)COC(=O)c2cc3ccccc3[nH]2)c2ccccc2N1. The summed E-state index contributed by atoms with van der Waals surface area (Å²) in [6, 6.07) is 16.1. The first-order valence-corrected chi connectivity index (χ1v) is 8.06. The molecule has 3 aromatic rings. The largest absolute Gasteiger partial charge is 0.451 e. The molecular weight excluding hydrogens is 334 g/mol. The molecule has 0 unspecified atom stereocenters. The van der Waals surface area contributed by atoms with Gasteiger partial charge in [-0.05, 0) is 24.3 Å². The zero-order valence-electron chi connectivity index (χ0n) is 13.7. The van der Waals surface area contributed by atoms with E-state index in [0.717, 1.165) is 10.9 Å². The number of para-hydroxylation sites is 3. The van der Waals surface area contributed by atoms with Crippen LogP contribution in [0.1, 0.15) is 10.5 Å². The summed E-state index contributed by atoms with van der Waals surface area (Å²) >= 11 is 0. The Bertz CT molecular complexity index is 991. The van der Waals surface area contributed by atoms with Gasteiger partial charge in [0.1, 0.15) is 12.2 Å². The first kappa shape index (κ1) is 15.9. The van der Waals surface area contributed by atoms with Crippen molar-refractivity contribution >= 4 is 40.1 Å². The van der Waals surface area contributed by atoms with Crippen molar-refractivity contribution in [1.29, 1.82) is 0 Å². The minimum atomic E-state index is -0.621. The van der Waals surface area contributed by atoms with Gasteiger partial charge in [-0.25, -0.2) is 4.79 Å². The van der Waals surface area contributed by atoms with Crippen LogP contribution in [0.25, 0.3) is 10.9 Å². The summed E-state index contributed by atoms with van der Waals surface area (Å²) in [5, 5.41) is 3.59. The normalized spacial score (nSPS) is 13.2. The molecule has 2 heterocycles. The van der Waals surface area contributed by atoms with Gasteiger partial charge in [0.05, 0.1) is 11.4 Å². The van der Waals surface area contributed by atoms with Crippen LogP contribution >= 0.6 is 0 Å². The zero-order valence-corrected chi connectivity index (χ0v) is 13.7. The molecule has 0 saturated carbocycles. The van der Waals surface area contributed by atoms with Crippen molar-refractivity contribution in [2.45, 2.75) is 0 Å². The van der Waals surface area contributed by atoms with Gasteiger partial charge in [0.25, 0.3) is 5.91 Å². The van der Waals surface area contributed by atoms with Crippen LogP contribution in [0.5, 0.6) is 0 Å². The molecule has 0 aliphatic carbocycles. The summed E-state index contributed by atoms with van der Waals surface area (Å²) in [7, 11) is 0. The highest BCUT2D eigenvalue weighted by Gasteiger charge is 2.27. The van der Waals surface area contributed by atoms with E-state index in [1.807, 2.05) is 24.3 Å². The third kappa shape index (κ3) is 2.90. The molecule has 4 rings (SSSR count). The number of aromatic amines is 1. The molecule has 7 nitrogen and oxygen atoms in total. The van der Waals surface area contributed by atoms with Gasteiger partial charge in [-0.3, -0.25) is 14.5 Å². The van der Waals surface area contributed by atoms with Crippen molar-refractivity contribution in [3.8, 4) is 0 Å². The standard InChI is InChI=1S/C19H15N3O4/c23-17-10-22(16-8-4-3-7-14(16)21-17)18(24)11-26-19(25)15-9-12-5-1-2-6-13(12)20-15/h1-9,20H,10-11H2,(H,21,23). The van der Waals surface area contributed by atoms with Crippen molar-refractivity contribution in [1.82, 2.24) is 4.98 Å². The van der Waals surface area contributed by atoms with Crippen molar-refractivity contribution in [3.63, 3.8) is 0 Å². The van der Waals surface area contributed by atoms with Crippen LogP contribution in [0.4, 0.5) is 11.4 Å². The first-order valence-electron chi connectivity index (χ1n) is 8.06. The summed E-state index contributed by atoms with van der Waals surface area (Å²) in [6.07, 6.45) is 0. The lowest BCUT2D eigenvalue weighted by molar-refractivity contribution is -0.124. The van der Waals surface area contributed by atoms with Gasteiger partial charge >= 0.3 is 5.97 Å². The number of amides is 2. The highest BCUT2D eigenvalue weighted by Crippen LogP contribution is 2.28. The van der Waals surface area contributed by atoms with Crippen LogP contribution in [0.3, 0.4) is 0 Å². The molecular formula is C19H15N3O4.